The lowest BCUT2D eigenvalue weighted by Crippen LogP contribution is -2.35. The van der Waals surface area contributed by atoms with Gasteiger partial charge in [-0.25, -0.2) is 4.79 Å². The first kappa shape index (κ1) is 18.1. The fraction of sp³-hybridized carbons (Fsp3) is 0.421. The fourth-order valence-corrected chi connectivity index (χ4v) is 2.43. The topological polar surface area (TPSA) is 68.9 Å². The predicted molar refractivity (Wildman–Crippen MR) is 90.1 cm³/mol. The second-order valence-electron chi connectivity index (χ2n) is 6.68. The Hall–Kier alpha value is -2.27. The Morgan fingerprint density at radius 2 is 1.75 bits per heavy atom. The molecule has 1 aromatic heterocycles. The summed E-state index contributed by atoms with van der Waals surface area (Å²) in [6.45, 7) is 7.10. The zero-order valence-electron chi connectivity index (χ0n) is 14.7. The van der Waals surface area contributed by atoms with Crippen molar-refractivity contribution in [1.29, 1.82) is 0 Å². The average Bonchev–Trinajstić information content (AvgIpc) is 2.92. The van der Waals surface area contributed by atoms with Gasteiger partial charge in [-0.2, -0.15) is 0 Å². The van der Waals surface area contributed by atoms with E-state index < -0.39 is 23.6 Å². The highest BCUT2D eigenvalue weighted by Gasteiger charge is 2.34. The van der Waals surface area contributed by atoms with E-state index in [0.29, 0.717) is 17.3 Å². The maximum absolute atomic E-state index is 12.3. The minimum atomic E-state index is -1.37. The quantitative estimate of drug-likeness (QED) is 0.850. The van der Waals surface area contributed by atoms with Crippen molar-refractivity contribution in [3.8, 4) is 5.75 Å². The fourth-order valence-electron chi connectivity index (χ4n) is 2.43. The molecule has 0 radical (unpaired) electrons. The number of carbonyl (C=O) groups is 1. The Morgan fingerprint density at radius 1 is 1.12 bits per heavy atom. The van der Waals surface area contributed by atoms with E-state index >= 15 is 0 Å². The molecule has 1 aromatic carbocycles. The Bertz CT molecular complexity index is 679. The van der Waals surface area contributed by atoms with Crippen LogP contribution in [0.25, 0.3) is 0 Å². The van der Waals surface area contributed by atoms with Gasteiger partial charge in [0.2, 0.25) is 0 Å². The summed E-state index contributed by atoms with van der Waals surface area (Å²) in [5.74, 6) is 0.577. The smallest absolute Gasteiger partial charge is 0.336 e. The van der Waals surface area contributed by atoms with Gasteiger partial charge in [0.15, 0.2) is 6.10 Å². The van der Waals surface area contributed by atoms with Gasteiger partial charge in [0, 0.05) is 0 Å². The normalized spacial score (nSPS) is 14.1. The number of ether oxygens (including phenoxy) is 2. The third-order valence-corrected chi connectivity index (χ3v) is 3.51. The number of benzene rings is 1. The highest BCUT2D eigenvalue weighted by Crippen LogP contribution is 2.32. The highest BCUT2D eigenvalue weighted by atomic mass is 16.6. The number of carbonyl (C=O) groups excluding carboxylic acids is 1. The van der Waals surface area contributed by atoms with E-state index in [2.05, 4.69) is 0 Å². The third kappa shape index (κ3) is 4.38. The van der Waals surface area contributed by atoms with Gasteiger partial charge in [0.1, 0.15) is 22.9 Å². The van der Waals surface area contributed by atoms with Crippen LogP contribution in [0.15, 0.2) is 40.8 Å². The largest absolute Gasteiger partial charge is 0.497 e. The van der Waals surface area contributed by atoms with Crippen LogP contribution in [0.5, 0.6) is 5.75 Å². The Kier molecular flexibility index (Phi) is 5.34. The Labute approximate surface area is 142 Å². The molecule has 0 fully saturated rings. The van der Waals surface area contributed by atoms with E-state index in [4.69, 9.17) is 13.9 Å². The molecule has 0 amide bonds. The molecule has 0 aliphatic carbocycles. The molecule has 130 valence electrons. The standard InChI is InChI=1S/C19H24O5/c1-12-6-11-15(23-12)16(13-7-9-14(22-5)10-8-13)17(20)18(21)24-19(2,3)4/h6-11,16-17,20H,1-5H3/t16-,17-/m0/s1. The van der Waals surface area contributed by atoms with Crippen LogP contribution in [-0.2, 0) is 9.53 Å². The molecule has 0 saturated carbocycles. The average molecular weight is 332 g/mol. The molecule has 0 unspecified atom stereocenters. The summed E-state index contributed by atoms with van der Waals surface area (Å²) in [6, 6.07) is 10.7. The van der Waals surface area contributed by atoms with Gasteiger partial charge < -0.3 is 19.0 Å². The van der Waals surface area contributed by atoms with Crippen molar-refractivity contribution in [2.45, 2.75) is 45.3 Å². The molecule has 2 aromatic rings. The summed E-state index contributed by atoms with van der Waals surface area (Å²) < 4.78 is 16.1. The van der Waals surface area contributed by atoms with Crippen LogP contribution in [0.3, 0.4) is 0 Å². The molecule has 24 heavy (non-hydrogen) atoms. The van der Waals surface area contributed by atoms with Crippen LogP contribution in [0, 0.1) is 6.92 Å². The number of aliphatic hydroxyl groups is 1. The van der Waals surface area contributed by atoms with Crippen LogP contribution in [-0.4, -0.2) is 29.9 Å². The number of methoxy groups -OCH3 is 1. The number of hydrogen-bond acceptors (Lipinski definition) is 5. The third-order valence-electron chi connectivity index (χ3n) is 3.51. The summed E-state index contributed by atoms with van der Waals surface area (Å²) in [6.07, 6.45) is -1.37. The van der Waals surface area contributed by atoms with E-state index in [0.717, 1.165) is 5.56 Å². The summed E-state index contributed by atoms with van der Waals surface area (Å²) in [5.41, 5.74) is 0.0604. The first-order valence-electron chi connectivity index (χ1n) is 7.82. The lowest BCUT2D eigenvalue weighted by molar-refractivity contribution is -0.166. The molecule has 2 atom stereocenters. The van der Waals surface area contributed by atoms with Gasteiger partial charge in [0.05, 0.1) is 13.0 Å². The number of aryl methyl sites for hydroxylation is 1. The molecular weight excluding hydrogens is 308 g/mol. The van der Waals surface area contributed by atoms with E-state index in [1.165, 1.54) is 0 Å². The van der Waals surface area contributed by atoms with E-state index in [1.54, 1.807) is 64.3 Å². The lowest BCUT2D eigenvalue weighted by atomic mass is 9.90. The summed E-state index contributed by atoms with van der Waals surface area (Å²) >= 11 is 0. The molecule has 0 aliphatic heterocycles. The van der Waals surface area contributed by atoms with Crippen molar-refractivity contribution in [2.75, 3.05) is 7.11 Å². The molecule has 0 aliphatic rings. The molecule has 0 saturated heterocycles. The maximum Gasteiger partial charge on any atom is 0.336 e. The monoisotopic (exact) mass is 332 g/mol. The number of furan rings is 1. The van der Waals surface area contributed by atoms with Crippen molar-refractivity contribution >= 4 is 5.97 Å². The molecule has 1 N–H and O–H groups in total. The molecule has 0 spiro atoms. The van der Waals surface area contributed by atoms with Crippen molar-refractivity contribution in [1.82, 2.24) is 0 Å². The number of esters is 1. The summed E-state index contributed by atoms with van der Waals surface area (Å²) in [7, 11) is 1.58. The van der Waals surface area contributed by atoms with Crippen LogP contribution in [0.4, 0.5) is 0 Å². The molecular formula is C19H24O5. The van der Waals surface area contributed by atoms with Crippen molar-refractivity contribution in [2.24, 2.45) is 0 Å². The summed E-state index contributed by atoms with van der Waals surface area (Å²) in [4.78, 5) is 12.3. The van der Waals surface area contributed by atoms with Gasteiger partial charge in [-0.1, -0.05) is 12.1 Å². The van der Waals surface area contributed by atoms with Gasteiger partial charge in [0.25, 0.3) is 0 Å². The van der Waals surface area contributed by atoms with E-state index in [1.807, 2.05) is 6.92 Å². The van der Waals surface area contributed by atoms with Crippen LogP contribution in [0.1, 0.15) is 43.8 Å². The second-order valence-corrected chi connectivity index (χ2v) is 6.68. The van der Waals surface area contributed by atoms with Crippen molar-refractivity contribution < 1.29 is 23.8 Å². The predicted octanol–water partition coefficient (Wildman–Crippen LogP) is 3.43. The number of aliphatic hydroxyl groups excluding tert-OH is 1. The van der Waals surface area contributed by atoms with Gasteiger partial charge in [-0.3, -0.25) is 0 Å². The van der Waals surface area contributed by atoms with E-state index in [-0.39, 0.29) is 0 Å². The van der Waals surface area contributed by atoms with Gasteiger partial charge in [-0.15, -0.1) is 0 Å². The second kappa shape index (κ2) is 7.09. The molecule has 0 bridgehead atoms. The van der Waals surface area contributed by atoms with Gasteiger partial charge >= 0.3 is 5.97 Å². The summed E-state index contributed by atoms with van der Waals surface area (Å²) in [5, 5.41) is 10.6. The zero-order valence-corrected chi connectivity index (χ0v) is 14.7. The molecule has 1 heterocycles. The molecule has 5 nitrogen and oxygen atoms in total. The van der Waals surface area contributed by atoms with Crippen molar-refractivity contribution in [3.63, 3.8) is 0 Å². The first-order chi connectivity index (χ1) is 11.2. The zero-order chi connectivity index (χ0) is 17.9. The molecule has 5 heteroatoms. The number of rotatable bonds is 5. The van der Waals surface area contributed by atoms with Crippen LogP contribution < -0.4 is 4.74 Å². The van der Waals surface area contributed by atoms with Crippen LogP contribution in [0.2, 0.25) is 0 Å². The Morgan fingerprint density at radius 3 is 2.21 bits per heavy atom. The Balaban J connectivity index is 2.37. The molecule has 2 rings (SSSR count). The first-order valence-corrected chi connectivity index (χ1v) is 7.82. The SMILES string of the molecule is COc1ccc([C@@H](c2ccc(C)o2)[C@H](O)C(=O)OC(C)(C)C)cc1. The number of hydrogen-bond donors (Lipinski definition) is 1. The van der Waals surface area contributed by atoms with Gasteiger partial charge in [-0.05, 0) is 57.5 Å². The maximum atomic E-state index is 12.3. The van der Waals surface area contributed by atoms with Crippen LogP contribution >= 0.6 is 0 Å². The van der Waals surface area contributed by atoms with E-state index in [9.17, 15) is 9.90 Å². The van der Waals surface area contributed by atoms with Crippen molar-refractivity contribution in [3.05, 3.63) is 53.5 Å². The minimum Gasteiger partial charge on any atom is -0.497 e. The lowest BCUT2D eigenvalue weighted by Gasteiger charge is -2.25. The highest BCUT2D eigenvalue weighted by molar-refractivity contribution is 5.77. The minimum absolute atomic E-state index is 0.510.